The summed E-state index contributed by atoms with van der Waals surface area (Å²) in [5, 5.41) is 3.40. The second-order valence-corrected chi connectivity index (χ2v) is 5.07. The van der Waals surface area contributed by atoms with Crippen molar-refractivity contribution in [3.05, 3.63) is 22.6 Å². The molecule has 2 rings (SSSR count). The van der Waals surface area contributed by atoms with Crippen molar-refractivity contribution in [2.75, 3.05) is 26.2 Å². The van der Waals surface area contributed by atoms with E-state index in [1.807, 2.05) is 12.1 Å². The molecule has 90 valence electrons. The number of hydrogen-bond acceptors (Lipinski definition) is 3. The maximum Gasteiger partial charge on any atom is 0.169 e. The molecular weight excluding hydrogens is 268 g/mol. The summed E-state index contributed by atoms with van der Waals surface area (Å²) in [4.78, 5) is 2.55. The molecule has 1 aromatic rings. The quantitative estimate of drug-likeness (QED) is 0.815. The molecule has 0 bridgehead atoms. The first-order chi connectivity index (χ1) is 7.84. The predicted octanol–water partition coefficient (Wildman–Crippen LogP) is 2.62. The van der Waals surface area contributed by atoms with E-state index in [4.69, 9.17) is 4.42 Å². The van der Waals surface area contributed by atoms with Crippen LogP contribution >= 0.6 is 15.9 Å². The van der Waals surface area contributed by atoms with Gasteiger partial charge in [0.1, 0.15) is 5.76 Å². The second kappa shape index (κ2) is 6.42. The van der Waals surface area contributed by atoms with Gasteiger partial charge in [-0.3, -0.25) is 0 Å². The highest BCUT2D eigenvalue weighted by molar-refractivity contribution is 9.10. The Morgan fingerprint density at radius 1 is 1.31 bits per heavy atom. The van der Waals surface area contributed by atoms with E-state index in [9.17, 15) is 0 Å². The summed E-state index contributed by atoms with van der Waals surface area (Å²) < 4.78 is 6.21. The van der Waals surface area contributed by atoms with E-state index in [1.165, 1.54) is 38.9 Å². The van der Waals surface area contributed by atoms with Crippen LogP contribution in [0.5, 0.6) is 0 Å². The summed E-state index contributed by atoms with van der Waals surface area (Å²) in [6, 6.07) is 3.93. The zero-order valence-electron chi connectivity index (χ0n) is 9.54. The van der Waals surface area contributed by atoms with Crippen LogP contribution in [-0.2, 0) is 6.54 Å². The van der Waals surface area contributed by atoms with E-state index in [-0.39, 0.29) is 0 Å². The molecule has 0 radical (unpaired) electrons. The number of nitrogens with one attached hydrogen (secondary N) is 1. The van der Waals surface area contributed by atoms with Crippen molar-refractivity contribution in [1.82, 2.24) is 10.2 Å². The Bertz CT molecular complexity index is 308. The van der Waals surface area contributed by atoms with Crippen molar-refractivity contribution in [1.29, 1.82) is 0 Å². The third-order valence-corrected chi connectivity index (χ3v) is 3.38. The van der Waals surface area contributed by atoms with Crippen LogP contribution in [0.15, 0.2) is 21.2 Å². The molecule has 0 aliphatic carbocycles. The average Bonchev–Trinajstić information content (AvgIpc) is 2.89. The molecule has 2 heterocycles. The minimum Gasteiger partial charge on any atom is -0.453 e. The first-order valence-electron chi connectivity index (χ1n) is 6.02. The molecule has 1 N–H and O–H groups in total. The molecule has 1 aliphatic rings. The zero-order chi connectivity index (χ0) is 11.2. The SMILES string of the molecule is Brc1ccc(CNCCCN2CCCC2)o1. The Hall–Kier alpha value is -0.320. The summed E-state index contributed by atoms with van der Waals surface area (Å²) in [5.74, 6) is 0.994. The van der Waals surface area contributed by atoms with Crippen molar-refractivity contribution in [2.45, 2.75) is 25.8 Å². The van der Waals surface area contributed by atoms with Crippen molar-refractivity contribution in [3.63, 3.8) is 0 Å². The molecule has 0 amide bonds. The summed E-state index contributed by atoms with van der Waals surface area (Å²) in [5.41, 5.74) is 0. The minimum absolute atomic E-state index is 0.807. The summed E-state index contributed by atoms with van der Waals surface area (Å²) in [7, 11) is 0. The third kappa shape index (κ3) is 3.92. The number of nitrogens with zero attached hydrogens (tertiary/aromatic N) is 1. The Morgan fingerprint density at radius 3 is 2.81 bits per heavy atom. The smallest absolute Gasteiger partial charge is 0.169 e. The molecule has 0 aromatic carbocycles. The number of likely N-dealkylation sites (tertiary alicyclic amines) is 1. The van der Waals surface area contributed by atoms with Gasteiger partial charge in [-0.1, -0.05) is 0 Å². The van der Waals surface area contributed by atoms with Gasteiger partial charge in [0.05, 0.1) is 6.54 Å². The van der Waals surface area contributed by atoms with E-state index in [0.29, 0.717) is 0 Å². The molecule has 16 heavy (non-hydrogen) atoms. The van der Waals surface area contributed by atoms with Crippen LogP contribution in [0, 0.1) is 0 Å². The molecule has 0 atom stereocenters. The lowest BCUT2D eigenvalue weighted by Gasteiger charge is -2.13. The monoisotopic (exact) mass is 286 g/mol. The highest BCUT2D eigenvalue weighted by atomic mass is 79.9. The minimum atomic E-state index is 0.807. The fraction of sp³-hybridized carbons (Fsp3) is 0.667. The van der Waals surface area contributed by atoms with E-state index in [1.54, 1.807) is 0 Å². The summed E-state index contributed by atoms with van der Waals surface area (Å²) in [6.07, 6.45) is 3.99. The van der Waals surface area contributed by atoms with Crippen molar-refractivity contribution in [2.24, 2.45) is 0 Å². The maximum absolute atomic E-state index is 5.41. The fourth-order valence-electron chi connectivity index (χ4n) is 2.09. The molecular formula is C12H19BrN2O. The van der Waals surface area contributed by atoms with Crippen LogP contribution in [-0.4, -0.2) is 31.1 Å². The Kier molecular flexibility index (Phi) is 4.88. The van der Waals surface area contributed by atoms with Gasteiger partial charge in [-0.05, 0) is 73.5 Å². The van der Waals surface area contributed by atoms with Crippen LogP contribution in [0.3, 0.4) is 0 Å². The first kappa shape index (κ1) is 12.1. The molecule has 1 saturated heterocycles. The largest absolute Gasteiger partial charge is 0.453 e. The molecule has 1 aliphatic heterocycles. The van der Waals surface area contributed by atoms with Crippen molar-refractivity contribution < 1.29 is 4.42 Å². The standard InChI is InChI=1S/C12H19BrN2O/c13-12-5-4-11(16-12)10-14-6-3-9-15-7-1-2-8-15/h4-5,14H,1-3,6-10H2. The number of halogens is 1. The third-order valence-electron chi connectivity index (χ3n) is 2.95. The fourth-order valence-corrected chi connectivity index (χ4v) is 2.43. The van der Waals surface area contributed by atoms with Gasteiger partial charge in [-0.15, -0.1) is 0 Å². The van der Waals surface area contributed by atoms with Crippen LogP contribution in [0.4, 0.5) is 0 Å². The zero-order valence-corrected chi connectivity index (χ0v) is 11.1. The van der Waals surface area contributed by atoms with E-state index in [2.05, 4.69) is 26.1 Å². The van der Waals surface area contributed by atoms with Gasteiger partial charge in [0.2, 0.25) is 0 Å². The molecule has 0 spiro atoms. The van der Waals surface area contributed by atoms with E-state index < -0.39 is 0 Å². The van der Waals surface area contributed by atoms with Gasteiger partial charge in [-0.25, -0.2) is 0 Å². The van der Waals surface area contributed by atoms with Crippen LogP contribution in [0.25, 0.3) is 0 Å². The van der Waals surface area contributed by atoms with Crippen LogP contribution < -0.4 is 5.32 Å². The normalized spacial score (nSPS) is 17.1. The van der Waals surface area contributed by atoms with Crippen molar-refractivity contribution >= 4 is 15.9 Å². The molecule has 0 saturated carbocycles. The Morgan fingerprint density at radius 2 is 2.12 bits per heavy atom. The van der Waals surface area contributed by atoms with Crippen LogP contribution in [0.1, 0.15) is 25.0 Å². The Labute approximate surface area is 105 Å². The van der Waals surface area contributed by atoms with E-state index in [0.717, 1.165) is 23.5 Å². The number of furan rings is 1. The van der Waals surface area contributed by atoms with E-state index >= 15 is 0 Å². The summed E-state index contributed by atoms with van der Waals surface area (Å²) >= 11 is 3.30. The lowest BCUT2D eigenvalue weighted by molar-refractivity contribution is 0.329. The molecule has 3 nitrogen and oxygen atoms in total. The van der Waals surface area contributed by atoms with Gasteiger partial charge in [-0.2, -0.15) is 0 Å². The van der Waals surface area contributed by atoms with Gasteiger partial charge in [0.15, 0.2) is 4.67 Å². The molecule has 0 unspecified atom stereocenters. The summed E-state index contributed by atoms with van der Waals surface area (Å²) in [6.45, 7) is 5.71. The molecule has 1 fully saturated rings. The Balaban J connectivity index is 1.51. The highest BCUT2D eigenvalue weighted by Crippen LogP contribution is 2.13. The van der Waals surface area contributed by atoms with Crippen molar-refractivity contribution in [3.8, 4) is 0 Å². The predicted molar refractivity (Wildman–Crippen MR) is 68.4 cm³/mol. The van der Waals surface area contributed by atoms with Gasteiger partial charge in [0, 0.05) is 0 Å². The van der Waals surface area contributed by atoms with Crippen LogP contribution in [0.2, 0.25) is 0 Å². The number of hydrogen-bond donors (Lipinski definition) is 1. The lowest BCUT2D eigenvalue weighted by atomic mass is 10.3. The lowest BCUT2D eigenvalue weighted by Crippen LogP contribution is -2.24. The average molecular weight is 287 g/mol. The second-order valence-electron chi connectivity index (χ2n) is 4.28. The first-order valence-corrected chi connectivity index (χ1v) is 6.81. The topological polar surface area (TPSA) is 28.4 Å². The van der Waals surface area contributed by atoms with Gasteiger partial charge < -0.3 is 14.6 Å². The van der Waals surface area contributed by atoms with Gasteiger partial charge in [0.25, 0.3) is 0 Å². The molecule has 1 aromatic heterocycles. The molecule has 4 heteroatoms. The maximum atomic E-state index is 5.41. The number of rotatable bonds is 6. The highest BCUT2D eigenvalue weighted by Gasteiger charge is 2.09. The van der Waals surface area contributed by atoms with Gasteiger partial charge >= 0.3 is 0 Å².